The maximum atomic E-state index is 10.3. The van der Waals surface area contributed by atoms with Crippen molar-refractivity contribution in [3.63, 3.8) is 0 Å². The van der Waals surface area contributed by atoms with E-state index in [2.05, 4.69) is 21.2 Å². The summed E-state index contributed by atoms with van der Waals surface area (Å²) in [5.41, 5.74) is 0.666. The van der Waals surface area contributed by atoms with Crippen LogP contribution in [0.25, 0.3) is 0 Å². The van der Waals surface area contributed by atoms with Gasteiger partial charge < -0.3 is 10.1 Å². The molecule has 3 nitrogen and oxygen atoms in total. The highest BCUT2D eigenvalue weighted by Crippen LogP contribution is 2.31. The second kappa shape index (κ2) is 4.87. The molecule has 1 aromatic carbocycles. The van der Waals surface area contributed by atoms with E-state index in [4.69, 9.17) is 4.74 Å². The SMILES string of the molecule is CCOc1cccc(Br)c1NC=O. The minimum atomic E-state index is 0.573. The summed E-state index contributed by atoms with van der Waals surface area (Å²) >= 11 is 3.32. The van der Waals surface area contributed by atoms with Crippen LogP contribution in [0.2, 0.25) is 0 Å². The first-order chi connectivity index (χ1) is 6.29. The number of hydrogen-bond acceptors (Lipinski definition) is 2. The van der Waals surface area contributed by atoms with Gasteiger partial charge in [-0.2, -0.15) is 0 Å². The Morgan fingerprint density at radius 1 is 1.62 bits per heavy atom. The first kappa shape index (κ1) is 10.1. The zero-order valence-electron chi connectivity index (χ0n) is 7.21. The molecule has 70 valence electrons. The van der Waals surface area contributed by atoms with Crippen molar-refractivity contribution < 1.29 is 9.53 Å². The van der Waals surface area contributed by atoms with Crippen LogP contribution in [0.5, 0.6) is 5.75 Å². The van der Waals surface area contributed by atoms with Gasteiger partial charge in [0.25, 0.3) is 0 Å². The Kier molecular flexibility index (Phi) is 3.76. The van der Waals surface area contributed by atoms with E-state index in [1.807, 2.05) is 19.1 Å². The van der Waals surface area contributed by atoms with Crippen LogP contribution in [-0.2, 0) is 4.79 Å². The molecule has 0 aliphatic carbocycles. The molecule has 0 bridgehead atoms. The number of para-hydroxylation sites is 1. The van der Waals surface area contributed by atoms with Gasteiger partial charge >= 0.3 is 0 Å². The second-order valence-electron chi connectivity index (χ2n) is 2.31. The Morgan fingerprint density at radius 2 is 2.38 bits per heavy atom. The van der Waals surface area contributed by atoms with Crippen molar-refractivity contribution in [3.8, 4) is 5.75 Å². The molecule has 1 N–H and O–H groups in total. The molecule has 1 aromatic rings. The van der Waals surface area contributed by atoms with Gasteiger partial charge in [-0.3, -0.25) is 4.79 Å². The van der Waals surface area contributed by atoms with E-state index in [0.29, 0.717) is 24.5 Å². The fourth-order valence-electron chi connectivity index (χ4n) is 0.979. The van der Waals surface area contributed by atoms with Gasteiger partial charge in [-0.25, -0.2) is 0 Å². The number of amides is 1. The van der Waals surface area contributed by atoms with Gasteiger partial charge in [-0.05, 0) is 35.0 Å². The van der Waals surface area contributed by atoms with Gasteiger partial charge in [0, 0.05) is 4.47 Å². The summed E-state index contributed by atoms with van der Waals surface area (Å²) in [6, 6.07) is 5.50. The van der Waals surface area contributed by atoms with Crippen LogP contribution in [0.4, 0.5) is 5.69 Å². The van der Waals surface area contributed by atoms with E-state index in [1.54, 1.807) is 6.07 Å². The monoisotopic (exact) mass is 243 g/mol. The molecule has 0 aliphatic rings. The van der Waals surface area contributed by atoms with Gasteiger partial charge in [0.15, 0.2) is 0 Å². The van der Waals surface area contributed by atoms with Crippen LogP contribution in [0.15, 0.2) is 22.7 Å². The molecule has 13 heavy (non-hydrogen) atoms. The van der Waals surface area contributed by atoms with Crippen LogP contribution in [0.1, 0.15) is 6.92 Å². The lowest BCUT2D eigenvalue weighted by molar-refractivity contribution is -0.105. The highest BCUT2D eigenvalue weighted by molar-refractivity contribution is 9.10. The fourth-order valence-corrected chi connectivity index (χ4v) is 1.44. The summed E-state index contributed by atoms with van der Waals surface area (Å²) in [5.74, 6) is 0.670. The molecule has 0 atom stereocenters. The van der Waals surface area contributed by atoms with Crippen molar-refractivity contribution in [1.29, 1.82) is 0 Å². The molecule has 0 saturated heterocycles. The van der Waals surface area contributed by atoms with E-state index in [0.717, 1.165) is 4.47 Å². The molecular formula is C9H10BrNO2. The van der Waals surface area contributed by atoms with E-state index in [1.165, 1.54) is 0 Å². The third-order valence-electron chi connectivity index (χ3n) is 1.48. The molecule has 0 spiro atoms. The van der Waals surface area contributed by atoms with Crippen molar-refractivity contribution >= 4 is 28.0 Å². The average Bonchev–Trinajstić information content (AvgIpc) is 2.11. The third-order valence-corrected chi connectivity index (χ3v) is 2.14. The van der Waals surface area contributed by atoms with E-state index < -0.39 is 0 Å². The lowest BCUT2D eigenvalue weighted by Crippen LogP contribution is -2.00. The minimum Gasteiger partial charge on any atom is -0.492 e. The highest BCUT2D eigenvalue weighted by Gasteiger charge is 2.05. The standard InChI is InChI=1S/C9H10BrNO2/c1-2-13-8-5-3-4-7(10)9(8)11-6-12/h3-6H,2H2,1H3,(H,11,12). The summed E-state index contributed by atoms with van der Waals surface area (Å²) in [5, 5.41) is 2.58. The Bertz CT molecular complexity index is 302. The third kappa shape index (κ3) is 2.45. The summed E-state index contributed by atoms with van der Waals surface area (Å²) < 4.78 is 6.13. The van der Waals surface area contributed by atoms with E-state index >= 15 is 0 Å². The molecule has 0 aliphatic heterocycles. The lowest BCUT2D eigenvalue weighted by atomic mass is 10.3. The van der Waals surface area contributed by atoms with Crippen LogP contribution in [-0.4, -0.2) is 13.0 Å². The zero-order chi connectivity index (χ0) is 9.68. The Morgan fingerprint density at radius 3 is 3.00 bits per heavy atom. The average molecular weight is 244 g/mol. The number of anilines is 1. The Labute approximate surface area is 85.2 Å². The molecule has 0 fully saturated rings. The van der Waals surface area contributed by atoms with Gasteiger partial charge in [-0.15, -0.1) is 0 Å². The summed E-state index contributed by atoms with van der Waals surface area (Å²) in [6.45, 7) is 2.47. The molecule has 0 unspecified atom stereocenters. The quantitative estimate of drug-likeness (QED) is 0.826. The molecule has 0 radical (unpaired) electrons. The van der Waals surface area contributed by atoms with Gasteiger partial charge in [0.2, 0.25) is 6.41 Å². The molecule has 0 heterocycles. The van der Waals surface area contributed by atoms with E-state index in [-0.39, 0.29) is 0 Å². The maximum Gasteiger partial charge on any atom is 0.211 e. The first-order valence-electron chi connectivity index (χ1n) is 3.91. The Balaban J connectivity index is 3.01. The summed E-state index contributed by atoms with van der Waals surface area (Å²) in [6.07, 6.45) is 0.628. The number of benzene rings is 1. The van der Waals surface area contributed by atoms with Crippen molar-refractivity contribution in [3.05, 3.63) is 22.7 Å². The Hall–Kier alpha value is -1.03. The fraction of sp³-hybridized carbons (Fsp3) is 0.222. The van der Waals surface area contributed by atoms with Crippen molar-refractivity contribution in [2.45, 2.75) is 6.92 Å². The van der Waals surface area contributed by atoms with E-state index in [9.17, 15) is 4.79 Å². The smallest absolute Gasteiger partial charge is 0.211 e. The van der Waals surface area contributed by atoms with Crippen molar-refractivity contribution in [2.24, 2.45) is 0 Å². The summed E-state index contributed by atoms with van der Waals surface area (Å²) in [7, 11) is 0. The molecule has 0 saturated carbocycles. The minimum absolute atomic E-state index is 0.573. The predicted octanol–water partition coefficient (Wildman–Crippen LogP) is 2.42. The number of carbonyl (C=O) groups is 1. The summed E-state index contributed by atoms with van der Waals surface area (Å²) in [4.78, 5) is 10.3. The second-order valence-corrected chi connectivity index (χ2v) is 3.16. The van der Waals surface area contributed by atoms with Crippen LogP contribution >= 0.6 is 15.9 Å². The van der Waals surface area contributed by atoms with Gasteiger partial charge in [-0.1, -0.05) is 6.07 Å². The van der Waals surface area contributed by atoms with Crippen LogP contribution < -0.4 is 10.1 Å². The molecule has 1 rings (SSSR count). The van der Waals surface area contributed by atoms with Crippen molar-refractivity contribution in [1.82, 2.24) is 0 Å². The zero-order valence-corrected chi connectivity index (χ0v) is 8.80. The number of nitrogens with one attached hydrogen (secondary N) is 1. The molecule has 1 amide bonds. The highest BCUT2D eigenvalue weighted by atomic mass is 79.9. The number of hydrogen-bond donors (Lipinski definition) is 1. The maximum absolute atomic E-state index is 10.3. The number of ether oxygens (including phenoxy) is 1. The number of rotatable bonds is 4. The molecular weight excluding hydrogens is 234 g/mol. The normalized spacial score (nSPS) is 9.38. The predicted molar refractivity (Wildman–Crippen MR) is 55.0 cm³/mol. The van der Waals surface area contributed by atoms with Crippen LogP contribution in [0.3, 0.4) is 0 Å². The molecule has 0 aromatic heterocycles. The van der Waals surface area contributed by atoms with Gasteiger partial charge in [0.1, 0.15) is 5.75 Å². The number of carbonyl (C=O) groups excluding carboxylic acids is 1. The van der Waals surface area contributed by atoms with Crippen LogP contribution in [0, 0.1) is 0 Å². The lowest BCUT2D eigenvalue weighted by Gasteiger charge is -2.09. The topological polar surface area (TPSA) is 38.3 Å². The molecule has 4 heteroatoms. The number of halogens is 1. The first-order valence-corrected chi connectivity index (χ1v) is 4.70. The van der Waals surface area contributed by atoms with Crippen molar-refractivity contribution in [2.75, 3.05) is 11.9 Å². The largest absolute Gasteiger partial charge is 0.492 e. The van der Waals surface area contributed by atoms with Gasteiger partial charge in [0.05, 0.1) is 12.3 Å².